The standard InChI is InChI=1S/C20H18N2O4/c1-22(2)19(23)17(12-21)11-16-5-3-4-6-18(16)26-13-14-7-9-15(10-8-14)20(24)25/h3-11H,13H2,1-2H3,(H,24,25). The Balaban J connectivity index is 2.20. The van der Waals surface area contributed by atoms with E-state index < -0.39 is 5.97 Å². The van der Waals surface area contributed by atoms with Gasteiger partial charge in [0.15, 0.2) is 0 Å². The highest BCUT2D eigenvalue weighted by atomic mass is 16.5. The molecule has 0 aromatic heterocycles. The lowest BCUT2D eigenvalue weighted by atomic mass is 10.1. The summed E-state index contributed by atoms with van der Waals surface area (Å²) < 4.78 is 5.78. The predicted molar refractivity (Wildman–Crippen MR) is 96.5 cm³/mol. The van der Waals surface area contributed by atoms with Gasteiger partial charge >= 0.3 is 5.97 Å². The number of likely N-dealkylation sites (N-methyl/N-ethyl adjacent to an activating group) is 1. The van der Waals surface area contributed by atoms with Crippen LogP contribution in [0.3, 0.4) is 0 Å². The highest BCUT2D eigenvalue weighted by Crippen LogP contribution is 2.22. The molecule has 0 unspecified atom stereocenters. The van der Waals surface area contributed by atoms with Gasteiger partial charge in [0.1, 0.15) is 24.0 Å². The van der Waals surface area contributed by atoms with E-state index in [1.165, 1.54) is 23.1 Å². The monoisotopic (exact) mass is 350 g/mol. The van der Waals surface area contributed by atoms with Crippen LogP contribution in [0.1, 0.15) is 21.5 Å². The van der Waals surface area contributed by atoms with Crippen molar-refractivity contribution in [1.82, 2.24) is 4.90 Å². The third kappa shape index (κ3) is 4.71. The van der Waals surface area contributed by atoms with E-state index in [-0.39, 0.29) is 23.7 Å². The van der Waals surface area contributed by atoms with Crippen LogP contribution in [-0.2, 0) is 11.4 Å². The van der Waals surface area contributed by atoms with Gasteiger partial charge < -0.3 is 14.7 Å². The molecule has 0 saturated heterocycles. The topological polar surface area (TPSA) is 90.6 Å². The largest absolute Gasteiger partial charge is 0.488 e. The van der Waals surface area contributed by atoms with Crippen LogP contribution in [0.2, 0.25) is 0 Å². The molecule has 26 heavy (non-hydrogen) atoms. The van der Waals surface area contributed by atoms with Crippen LogP contribution in [0.25, 0.3) is 6.08 Å². The first-order chi connectivity index (χ1) is 12.4. The van der Waals surface area contributed by atoms with Gasteiger partial charge in [-0.3, -0.25) is 4.79 Å². The number of aromatic carboxylic acids is 1. The molecule has 0 spiro atoms. The van der Waals surface area contributed by atoms with Crippen LogP contribution in [0.5, 0.6) is 5.75 Å². The van der Waals surface area contributed by atoms with Crippen molar-refractivity contribution in [3.05, 3.63) is 70.8 Å². The van der Waals surface area contributed by atoms with Crippen LogP contribution in [0.15, 0.2) is 54.1 Å². The van der Waals surface area contributed by atoms with E-state index in [4.69, 9.17) is 9.84 Å². The second kappa shape index (κ2) is 8.49. The molecule has 1 amide bonds. The minimum absolute atomic E-state index is 0.0110. The molecular formula is C20H18N2O4. The van der Waals surface area contributed by atoms with Crippen molar-refractivity contribution in [2.75, 3.05) is 14.1 Å². The Hall–Kier alpha value is -3.59. The molecule has 0 aliphatic carbocycles. The van der Waals surface area contributed by atoms with Gasteiger partial charge in [0.05, 0.1) is 5.56 Å². The number of ether oxygens (including phenoxy) is 1. The summed E-state index contributed by atoms with van der Waals surface area (Å²) >= 11 is 0. The summed E-state index contributed by atoms with van der Waals surface area (Å²) in [4.78, 5) is 24.2. The fraction of sp³-hybridized carbons (Fsp3) is 0.150. The molecule has 2 rings (SSSR count). The number of hydrogen-bond acceptors (Lipinski definition) is 4. The van der Waals surface area contributed by atoms with Crippen molar-refractivity contribution in [3.8, 4) is 11.8 Å². The van der Waals surface area contributed by atoms with E-state index in [2.05, 4.69) is 0 Å². The summed E-state index contributed by atoms with van der Waals surface area (Å²) in [6, 6.07) is 15.4. The van der Waals surface area contributed by atoms with E-state index in [0.717, 1.165) is 5.56 Å². The Morgan fingerprint density at radius 1 is 1.15 bits per heavy atom. The first-order valence-electron chi connectivity index (χ1n) is 7.80. The van der Waals surface area contributed by atoms with E-state index in [0.29, 0.717) is 11.3 Å². The molecule has 0 atom stereocenters. The minimum Gasteiger partial charge on any atom is -0.488 e. The van der Waals surface area contributed by atoms with Gasteiger partial charge in [-0.15, -0.1) is 0 Å². The van der Waals surface area contributed by atoms with Gasteiger partial charge in [-0.05, 0) is 29.8 Å². The summed E-state index contributed by atoms with van der Waals surface area (Å²) in [5, 5.41) is 18.1. The van der Waals surface area contributed by atoms with Gasteiger partial charge in [0.25, 0.3) is 5.91 Å². The van der Waals surface area contributed by atoms with E-state index >= 15 is 0 Å². The zero-order valence-corrected chi connectivity index (χ0v) is 14.5. The number of carbonyl (C=O) groups excluding carboxylic acids is 1. The van der Waals surface area contributed by atoms with Crippen molar-refractivity contribution in [2.45, 2.75) is 6.61 Å². The van der Waals surface area contributed by atoms with Gasteiger partial charge in [-0.2, -0.15) is 5.26 Å². The van der Waals surface area contributed by atoms with Gasteiger partial charge in [-0.25, -0.2) is 4.79 Å². The summed E-state index contributed by atoms with van der Waals surface area (Å²) in [6.45, 7) is 0.230. The van der Waals surface area contributed by atoms with E-state index in [9.17, 15) is 14.9 Å². The highest BCUT2D eigenvalue weighted by Gasteiger charge is 2.12. The first-order valence-corrected chi connectivity index (χ1v) is 7.80. The van der Waals surface area contributed by atoms with Crippen LogP contribution in [-0.4, -0.2) is 36.0 Å². The maximum atomic E-state index is 12.0. The molecule has 2 aromatic carbocycles. The van der Waals surface area contributed by atoms with Crippen LogP contribution >= 0.6 is 0 Å². The number of carbonyl (C=O) groups is 2. The predicted octanol–water partition coefficient (Wildman–Crippen LogP) is 2.96. The fourth-order valence-corrected chi connectivity index (χ4v) is 2.17. The molecule has 0 heterocycles. The number of para-hydroxylation sites is 1. The average Bonchev–Trinajstić information content (AvgIpc) is 2.64. The van der Waals surface area contributed by atoms with Gasteiger partial charge in [0.2, 0.25) is 0 Å². The fourth-order valence-electron chi connectivity index (χ4n) is 2.17. The van der Waals surface area contributed by atoms with E-state index in [1.807, 2.05) is 6.07 Å². The molecule has 0 fully saturated rings. The maximum absolute atomic E-state index is 12.0. The van der Waals surface area contributed by atoms with Crippen LogP contribution < -0.4 is 4.74 Å². The zero-order chi connectivity index (χ0) is 19.1. The molecule has 132 valence electrons. The van der Waals surface area contributed by atoms with Crippen LogP contribution in [0.4, 0.5) is 0 Å². The first kappa shape index (κ1) is 18.7. The normalized spacial score (nSPS) is 10.7. The Labute approximate surface area is 151 Å². The third-order valence-electron chi connectivity index (χ3n) is 3.57. The lowest BCUT2D eigenvalue weighted by Crippen LogP contribution is -2.22. The van der Waals surface area contributed by atoms with Crippen molar-refractivity contribution in [2.24, 2.45) is 0 Å². The highest BCUT2D eigenvalue weighted by molar-refractivity contribution is 6.01. The lowest BCUT2D eigenvalue weighted by Gasteiger charge is -2.11. The number of carboxylic acids is 1. The number of nitriles is 1. The Bertz CT molecular complexity index is 877. The Kier molecular flexibility index (Phi) is 6.12. The lowest BCUT2D eigenvalue weighted by molar-refractivity contribution is -0.124. The minimum atomic E-state index is -0.984. The molecule has 1 N–H and O–H groups in total. The molecule has 2 aromatic rings. The third-order valence-corrected chi connectivity index (χ3v) is 3.57. The second-order valence-electron chi connectivity index (χ2n) is 5.70. The average molecular weight is 350 g/mol. The Morgan fingerprint density at radius 3 is 2.38 bits per heavy atom. The number of nitrogens with zero attached hydrogens (tertiary/aromatic N) is 2. The van der Waals surface area contributed by atoms with Crippen molar-refractivity contribution >= 4 is 18.0 Å². The smallest absolute Gasteiger partial charge is 0.335 e. The Morgan fingerprint density at radius 2 is 1.81 bits per heavy atom. The van der Waals surface area contributed by atoms with E-state index in [1.54, 1.807) is 50.5 Å². The zero-order valence-electron chi connectivity index (χ0n) is 14.5. The van der Waals surface area contributed by atoms with Gasteiger partial charge in [-0.1, -0.05) is 30.3 Å². The summed E-state index contributed by atoms with van der Waals surface area (Å²) in [5.41, 5.74) is 1.63. The molecule has 0 saturated carbocycles. The maximum Gasteiger partial charge on any atom is 0.335 e. The molecule has 0 bridgehead atoms. The summed E-state index contributed by atoms with van der Waals surface area (Å²) in [7, 11) is 3.16. The SMILES string of the molecule is CN(C)C(=O)C(C#N)=Cc1ccccc1OCc1ccc(C(=O)O)cc1. The number of carboxylic acid groups (broad SMARTS) is 1. The van der Waals surface area contributed by atoms with Crippen LogP contribution in [0, 0.1) is 11.3 Å². The number of benzene rings is 2. The molecule has 0 aliphatic rings. The summed E-state index contributed by atoms with van der Waals surface area (Å²) in [5.74, 6) is -0.844. The summed E-state index contributed by atoms with van der Waals surface area (Å²) in [6.07, 6.45) is 1.49. The second-order valence-corrected chi connectivity index (χ2v) is 5.70. The number of hydrogen-bond donors (Lipinski definition) is 1. The molecule has 0 radical (unpaired) electrons. The number of rotatable bonds is 6. The molecular weight excluding hydrogens is 332 g/mol. The quantitative estimate of drug-likeness (QED) is 0.639. The van der Waals surface area contributed by atoms with Crippen molar-refractivity contribution in [3.63, 3.8) is 0 Å². The molecule has 0 aliphatic heterocycles. The molecule has 6 heteroatoms. The van der Waals surface area contributed by atoms with Crippen molar-refractivity contribution < 1.29 is 19.4 Å². The molecule has 6 nitrogen and oxygen atoms in total. The number of amides is 1. The van der Waals surface area contributed by atoms with Gasteiger partial charge in [0, 0.05) is 19.7 Å². The van der Waals surface area contributed by atoms with Crippen molar-refractivity contribution in [1.29, 1.82) is 5.26 Å².